The predicted octanol–water partition coefficient (Wildman–Crippen LogP) is 2.45. The van der Waals surface area contributed by atoms with Gasteiger partial charge < -0.3 is 4.74 Å². The van der Waals surface area contributed by atoms with E-state index in [1.807, 2.05) is 37.3 Å². The summed E-state index contributed by atoms with van der Waals surface area (Å²) in [4.78, 5) is 12.5. The fourth-order valence-electron chi connectivity index (χ4n) is 2.29. The lowest BCUT2D eigenvalue weighted by Crippen LogP contribution is -2.44. The molecule has 2 aromatic rings. The molecule has 26 heavy (non-hydrogen) atoms. The minimum atomic E-state index is -3.89. The van der Waals surface area contributed by atoms with E-state index >= 15 is 0 Å². The first-order chi connectivity index (χ1) is 12.3. The zero-order valence-electron chi connectivity index (χ0n) is 14.7. The van der Waals surface area contributed by atoms with E-state index in [4.69, 9.17) is 11.2 Å². The summed E-state index contributed by atoms with van der Waals surface area (Å²) >= 11 is 0. The Kier molecular flexibility index (Phi) is 6.56. The fourth-order valence-corrected chi connectivity index (χ4v) is 3.47. The first-order valence-corrected chi connectivity index (χ1v) is 9.59. The molecule has 2 rings (SSSR count). The van der Waals surface area contributed by atoms with Crippen LogP contribution in [0.5, 0.6) is 0 Å². The van der Waals surface area contributed by atoms with Crippen LogP contribution >= 0.6 is 0 Å². The van der Waals surface area contributed by atoms with Crippen LogP contribution in [-0.2, 0) is 26.0 Å². The van der Waals surface area contributed by atoms with E-state index < -0.39 is 28.1 Å². The fraction of sp³-hybridized carbons (Fsp3) is 0.250. The van der Waals surface area contributed by atoms with Crippen LogP contribution in [0.2, 0.25) is 0 Å². The molecular weight excluding hydrogens is 350 g/mol. The Balaban J connectivity index is 2.26. The van der Waals surface area contributed by atoms with Crippen molar-refractivity contribution in [3.63, 3.8) is 0 Å². The zero-order chi connectivity index (χ0) is 19.2. The Labute approximate surface area is 154 Å². The van der Waals surface area contributed by atoms with Crippen molar-refractivity contribution >= 4 is 16.0 Å². The molecule has 0 saturated carbocycles. The highest BCUT2D eigenvalue weighted by molar-refractivity contribution is 7.89. The van der Waals surface area contributed by atoms with Crippen molar-refractivity contribution in [3.05, 3.63) is 65.7 Å². The summed E-state index contributed by atoms with van der Waals surface area (Å²) in [5.74, 6) is 1.58. The van der Waals surface area contributed by atoms with Crippen LogP contribution in [0, 0.1) is 19.3 Å². The van der Waals surface area contributed by atoms with Crippen LogP contribution in [-0.4, -0.2) is 26.5 Å². The summed E-state index contributed by atoms with van der Waals surface area (Å²) in [7, 11) is -3.89. The number of carbonyl (C=O) groups excluding carboxylic acids is 1. The van der Waals surface area contributed by atoms with Crippen LogP contribution < -0.4 is 4.72 Å². The number of carbonyl (C=O) groups is 1. The molecule has 0 aromatic heterocycles. The summed E-state index contributed by atoms with van der Waals surface area (Å²) < 4.78 is 32.9. The largest absolute Gasteiger partial charge is 0.448 e. The molecule has 2 atom stereocenters. The number of ether oxygens (including phenoxy) is 1. The van der Waals surface area contributed by atoms with Crippen LogP contribution in [0.4, 0.5) is 0 Å². The smallest absolute Gasteiger partial charge is 0.325 e. The molecule has 0 bridgehead atoms. The Hall–Kier alpha value is -2.62. The SMILES string of the molecule is C#CC(C)OC(=O)[C@H](Cc1ccccc1)NS(=O)(=O)c1ccc(C)cc1. The summed E-state index contributed by atoms with van der Waals surface area (Å²) in [6.45, 7) is 3.41. The minimum Gasteiger partial charge on any atom is -0.448 e. The molecule has 0 aliphatic heterocycles. The first-order valence-electron chi connectivity index (χ1n) is 8.11. The Morgan fingerprint density at radius 2 is 1.77 bits per heavy atom. The number of aryl methyl sites for hydroxylation is 1. The van der Waals surface area contributed by atoms with Gasteiger partial charge in [-0.25, -0.2) is 8.42 Å². The lowest BCUT2D eigenvalue weighted by Gasteiger charge is -2.19. The second-order valence-electron chi connectivity index (χ2n) is 5.92. The second kappa shape index (κ2) is 8.65. The second-order valence-corrected chi connectivity index (χ2v) is 7.64. The molecule has 0 heterocycles. The van der Waals surface area contributed by atoms with E-state index in [-0.39, 0.29) is 11.3 Å². The topological polar surface area (TPSA) is 72.5 Å². The molecule has 0 aliphatic carbocycles. The highest BCUT2D eigenvalue weighted by Crippen LogP contribution is 2.13. The van der Waals surface area contributed by atoms with Crippen molar-refractivity contribution < 1.29 is 17.9 Å². The number of nitrogens with one attached hydrogen (secondary N) is 1. The number of hydrogen-bond acceptors (Lipinski definition) is 4. The minimum absolute atomic E-state index is 0.0824. The van der Waals surface area contributed by atoms with Gasteiger partial charge in [0.1, 0.15) is 6.04 Å². The van der Waals surface area contributed by atoms with Gasteiger partial charge in [-0.2, -0.15) is 4.72 Å². The third-order valence-electron chi connectivity index (χ3n) is 3.72. The zero-order valence-corrected chi connectivity index (χ0v) is 15.5. The summed E-state index contributed by atoms with van der Waals surface area (Å²) in [5.41, 5.74) is 1.74. The van der Waals surface area contributed by atoms with E-state index in [0.717, 1.165) is 11.1 Å². The molecule has 0 aliphatic rings. The van der Waals surface area contributed by atoms with Crippen molar-refractivity contribution in [2.24, 2.45) is 0 Å². The Morgan fingerprint density at radius 3 is 2.35 bits per heavy atom. The molecule has 136 valence electrons. The number of benzene rings is 2. The average Bonchev–Trinajstić information content (AvgIpc) is 2.62. The van der Waals surface area contributed by atoms with Gasteiger partial charge in [0.15, 0.2) is 6.10 Å². The first kappa shape index (κ1) is 19.7. The number of hydrogen-bond donors (Lipinski definition) is 1. The molecule has 2 aromatic carbocycles. The van der Waals surface area contributed by atoms with Crippen molar-refractivity contribution in [2.75, 3.05) is 0 Å². The lowest BCUT2D eigenvalue weighted by molar-refractivity contribution is -0.147. The molecule has 0 radical (unpaired) electrons. The lowest BCUT2D eigenvalue weighted by atomic mass is 10.1. The Bertz CT molecular complexity index is 884. The molecular formula is C20H21NO4S. The van der Waals surface area contributed by atoms with Gasteiger partial charge in [0.2, 0.25) is 10.0 Å². The van der Waals surface area contributed by atoms with Crippen LogP contribution in [0.15, 0.2) is 59.5 Å². The molecule has 6 heteroatoms. The van der Waals surface area contributed by atoms with E-state index in [1.54, 1.807) is 19.1 Å². The van der Waals surface area contributed by atoms with E-state index in [0.29, 0.717) is 0 Å². The maximum atomic E-state index is 12.6. The van der Waals surface area contributed by atoms with Gasteiger partial charge in [-0.05, 0) is 38.0 Å². The number of sulfonamides is 1. The molecule has 5 nitrogen and oxygen atoms in total. The summed E-state index contributed by atoms with van der Waals surface area (Å²) in [5, 5.41) is 0. The Morgan fingerprint density at radius 1 is 1.15 bits per heavy atom. The van der Waals surface area contributed by atoms with Gasteiger partial charge in [0.05, 0.1) is 4.90 Å². The monoisotopic (exact) mass is 371 g/mol. The van der Waals surface area contributed by atoms with Gasteiger partial charge in [-0.3, -0.25) is 4.79 Å². The third-order valence-corrected chi connectivity index (χ3v) is 5.21. The third kappa shape index (κ3) is 5.45. The van der Waals surface area contributed by atoms with Gasteiger partial charge in [-0.1, -0.05) is 53.9 Å². The van der Waals surface area contributed by atoms with E-state index in [2.05, 4.69) is 10.6 Å². The molecule has 0 amide bonds. The highest BCUT2D eigenvalue weighted by atomic mass is 32.2. The van der Waals surface area contributed by atoms with Crippen LogP contribution in [0.3, 0.4) is 0 Å². The van der Waals surface area contributed by atoms with Crippen molar-refractivity contribution in [1.29, 1.82) is 0 Å². The quantitative estimate of drug-likeness (QED) is 0.599. The normalized spacial score (nSPS) is 13.4. The molecule has 1 unspecified atom stereocenters. The number of terminal acetylenes is 1. The predicted molar refractivity (Wildman–Crippen MR) is 99.8 cm³/mol. The van der Waals surface area contributed by atoms with Crippen LogP contribution in [0.25, 0.3) is 0 Å². The summed E-state index contributed by atoms with van der Waals surface area (Å²) in [6, 6.07) is 14.4. The maximum absolute atomic E-state index is 12.6. The number of esters is 1. The van der Waals surface area contributed by atoms with Crippen molar-refractivity contribution in [1.82, 2.24) is 4.72 Å². The van der Waals surface area contributed by atoms with E-state index in [1.165, 1.54) is 12.1 Å². The van der Waals surface area contributed by atoms with Gasteiger partial charge in [0.25, 0.3) is 0 Å². The molecule has 0 spiro atoms. The summed E-state index contributed by atoms with van der Waals surface area (Å²) in [6.07, 6.45) is 4.65. The van der Waals surface area contributed by atoms with Crippen molar-refractivity contribution in [3.8, 4) is 12.3 Å². The van der Waals surface area contributed by atoms with Gasteiger partial charge in [-0.15, -0.1) is 6.42 Å². The van der Waals surface area contributed by atoms with E-state index in [9.17, 15) is 13.2 Å². The van der Waals surface area contributed by atoms with Gasteiger partial charge >= 0.3 is 5.97 Å². The average molecular weight is 371 g/mol. The number of rotatable bonds is 7. The molecule has 0 fully saturated rings. The molecule has 1 N–H and O–H groups in total. The van der Waals surface area contributed by atoms with Gasteiger partial charge in [0, 0.05) is 0 Å². The van der Waals surface area contributed by atoms with Crippen LogP contribution in [0.1, 0.15) is 18.1 Å². The standard InChI is InChI=1S/C20H21NO4S/c1-4-16(3)25-20(22)19(14-17-8-6-5-7-9-17)21-26(23,24)18-12-10-15(2)11-13-18/h1,5-13,16,19,21H,14H2,2-3H3/t16?,19-/m0/s1. The maximum Gasteiger partial charge on any atom is 0.325 e. The molecule has 0 saturated heterocycles. The van der Waals surface area contributed by atoms with Crippen molar-refractivity contribution in [2.45, 2.75) is 37.3 Å². The highest BCUT2D eigenvalue weighted by Gasteiger charge is 2.28.